The molecule has 1 saturated carbocycles. The molecule has 1 aromatic rings. The number of aliphatic hydroxyl groups excluding tert-OH is 1. The number of hydrogen-bond acceptors (Lipinski definition) is 4. The minimum Gasteiger partial charge on any atom is -0.393 e. The van der Waals surface area contributed by atoms with Gasteiger partial charge in [0.15, 0.2) is 10.3 Å². The van der Waals surface area contributed by atoms with Crippen LogP contribution in [0.5, 0.6) is 0 Å². The van der Waals surface area contributed by atoms with Gasteiger partial charge in [0.05, 0.1) is 11.7 Å². The Bertz CT molecular complexity index is 448. The standard InChI is InChI=1S/C11H13Cl2N3O2/c12-9-5-8(10(13)16-15-9)11(18)14-6-1-3-7(17)4-2-6/h5-7,17H,1-4H2,(H,14,18). The average molecular weight is 290 g/mol. The largest absolute Gasteiger partial charge is 0.393 e. The normalized spacial score (nSPS) is 23.7. The van der Waals surface area contributed by atoms with Crippen molar-refractivity contribution in [2.45, 2.75) is 37.8 Å². The highest BCUT2D eigenvalue weighted by Gasteiger charge is 2.22. The molecule has 1 aromatic heterocycles. The maximum absolute atomic E-state index is 12.0. The molecule has 0 spiro atoms. The minimum atomic E-state index is -0.307. The predicted molar refractivity (Wildman–Crippen MR) is 67.8 cm³/mol. The van der Waals surface area contributed by atoms with Gasteiger partial charge in [-0.3, -0.25) is 4.79 Å². The van der Waals surface area contributed by atoms with Crippen LogP contribution in [0.1, 0.15) is 36.0 Å². The molecule has 1 fully saturated rings. The van der Waals surface area contributed by atoms with Crippen molar-refractivity contribution in [2.75, 3.05) is 0 Å². The van der Waals surface area contributed by atoms with Gasteiger partial charge in [-0.25, -0.2) is 0 Å². The summed E-state index contributed by atoms with van der Waals surface area (Å²) in [4.78, 5) is 12.0. The van der Waals surface area contributed by atoms with Crippen LogP contribution in [0.25, 0.3) is 0 Å². The molecule has 0 radical (unpaired) electrons. The molecule has 1 heterocycles. The lowest BCUT2D eigenvalue weighted by Gasteiger charge is -2.26. The van der Waals surface area contributed by atoms with Crippen molar-refractivity contribution in [3.8, 4) is 0 Å². The summed E-state index contributed by atoms with van der Waals surface area (Å²) in [5.74, 6) is -0.307. The van der Waals surface area contributed by atoms with E-state index in [4.69, 9.17) is 23.2 Å². The fourth-order valence-corrected chi connectivity index (χ4v) is 2.32. The molecule has 0 unspecified atom stereocenters. The summed E-state index contributed by atoms with van der Waals surface area (Å²) in [6, 6.07) is 1.45. The highest BCUT2D eigenvalue weighted by Crippen LogP contribution is 2.20. The van der Waals surface area contributed by atoms with E-state index in [1.165, 1.54) is 6.07 Å². The second-order valence-electron chi connectivity index (χ2n) is 4.35. The van der Waals surface area contributed by atoms with Crippen LogP contribution in [0.2, 0.25) is 10.3 Å². The Hall–Kier alpha value is -0.910. The summed E-state index contributed by atoms with van der Waals surface area (Å²) in [5, 5.41) is 19.6. The van der Waals surface area contributed by atoms with E-state index in [-0.39, 0.29) is 33.9 Å². The zero-order valence-corrected chi connectivity index (χ0v) is 11.1. The Morgan fingerprint density at radius 3 is 2.61 bits per heavy atom. The molecule has 0 atom stereocenters. The highest BCUT2D eigenvalue weighted by molar-refractivity contribution is 6.34. The van der Waals surface area contributed by atoms with Crippen LogP contribution in [-0.2, 0) is 0 Å². The first-order chi connectivity index (χ1) is 8.56. The van der Waals surface area contributed by atoms with Crippen molar-refractivity contribution < 1.29 is 9.90 Å². The molecule has 0 aliphatic heterocycles. The van der Waals surface area contributed by atoms with Crippen molar-refractivity contribution in [3.63, 3.8) is 0 Å². The van der Waals surface area contributed by atoms with Crippen LogP contribution in [0.3, 0.4) is 0 Å². The van der Waals surface area contributed by atoms with E-state index < -0.39 is 0 Å². The van der Waals surface area contributed by atoms with Gasteiger partial charge in [0.2, 0.25) is 0 Å². The van der Waals surface area contributed by atoms with Crippen molar-refractivity contribution >= 4 is 29.1 Å². The molecule has 1 amide bonds. The molecule has 1 aliphatic rings. The Kier molecular flexibility index (Phi) is 4.37. The zero-order valence-electron chi connectivity index (χ0n) is 9.57. The van der Waals surface area contributed by atoms with Gasteiger partial charge in [-0.15, -0.1) is 10.2 Å². The maximum Gasteiger partial charge on any atom is 0.254 e. The number of rotatable bonds is 2. The molecule has 7 heteroatoms. The first kappa shape index (κ1) is 13.5. The van der Waals surface area contributed by atoms with Gasteiger partial charge in [0, 0.05) is 6.04 Å². The molecule has 0 bridgehead atoms. The number of carbonyl (C=O) groups excluding carboxylic acids is 1. The van der Waals surface area contributed by atoms with Crippen LogP contribution in [0, 0.1) is 0 Å². The van der Waals surface area contributed by atoms with Gasteiger partial charge >= 0.3 is 0 Å². The van der Waals surface area contributed by atoms with Crippen LogP contribution in [-0.4, -0.2) is 33.4 Å². The van der Waals surface area contributed by atoms with Crippen LogP contribution < -0.4 is 5.32 Å². The molecule has 2 rings (SSSR count). The quantitative estimate of drug-likeness (QED) is 0.871. The molecular formula is C11H13Cl2N3O2. The van der Waals surface area contributed by atoms with E-state index in [1.54, 1.807) is 0 Å². The molecule has 2 N–H and O–H groups in total. The SMILES string of the molecule is O=C(NC1CCC(O)CC1)c1cc(Cl)nnc1Cl. The third kappa shape index (κ3) is 3.31. The molecule has 18 heavy (non-hydrogen) atoms. The van der Waals surface area contributed by atoms with Gasteiger partial charge in [0.25, 0.3) is 5.91 Å². The van der Waals surface area contributed by atoms with Crippen LogP contribution >= 0.6 is 23.2 Å². The summed E-state index contributed by atoms with van der Waals surface area (Å²) in [6.07, 6.45) is 2.68. The maximum atomic E-state index is 12.0. The van der Waals surface area contributed by atoms with E-state index in [0.29, 0.717) is 12.8 Å². The summed E-state index contributed by atoms with van der Waals surface area (Å²) in [7, 11) is 0. The molecule has 1 aliphatic carbocycles. The first-order valence-electron chi connectivity index (χ1n) is 5.74. The van der Waals surface area contributed by atoms with E-state index in [2.05, 4.69) is 15.5 Å². The van der Waals surface area contributed by atoms with E-state index in [0.717, 1.165) is 12.8 Å². The number of nitrogens with one attached hydrogen (secondary N) is 1. The second-order valence-corrected chi connectivity index (χ2v) is 5.10. The Labute approximate surface area is 115 Å². The van der Waals surface area contributed by atoms with Gasteiger partial charge < -0.3 is 10.4 Å². The lowest BCUT2D eigenvalue weighted by Crippen LogP contribution is -2.38. The number of amides is 1. The first-order valence-corrected chi connectivity index (χ1v) is 6.49. The van der Waals surface area contributed by atoms with Crippen molar-refractivity contribution in [1.82, 2.24) is 15.5 Å². The van der Waals surface area contributed by atoms with Gasteiger partial charge in [-0.05, 0) is 31.7 Å². The molecule has 0 saturated heterocycles. The second kappa shape index (κ2) is 5.82. The molecular weight excluding hydrogens is 277 g/mol. The number of aliphatic hydroxyl groups is 1. The molecule has 5 nitrogen and oxygen atoms in total. The number of nitrogens with zero attached hydrogens (tertiary/aromatic N) is 2. The molecule has 0 aromatic carbocycles. The summed E-state index contributed by atoms with van der Waals surface area (Å²) in [5.41, 5.74) is 0.225. The van der Waals surface area contributed by atoms with Gasteiger partial charge in [-0.2, -0.15) is 0 Å². The predicted octanol–water partition coefficient (Wildman–Crippen LogP) is 1.82. The Morgan fingerprint density at radius 1 is 1.28 bits per heavy atom. The van der Waals surface area contributed by atoms with Crippen LogP contribution in [0.4, 0.5) is 0 Å². The summed E-state index contributed by atoms with van der Waals surface area (Å²) in [6.45, 7) is 0. The fourth-order valence-electron chi connectivity index (χ4n) is 2.00. The lowest BCUT2D eigenvalue weighted by atomic mass is 9.93. The van der Waals surface area contributed by atoms with Crippen molar-refractivity contribution in [2.24, 2.45) is 0 Å². The van der Waals surface area contributed by atoms with Gasteiger partial charge in [-0.1, -0.05) is 23.2 Å². The number of carbonyl (C=O) groups is 1. The lowest BCUT2D eigenvalue weighted by molar-refractivity contribution is 0.0867. The van der Waals surface area contributed by atoms with Crippen molar-refractivity contribution in [1.29, 1.82) is 0 Å². The summed E-state index contributed by atoms with van der Waals surface area (Å²) >= 11 is 11.5. The van der Waals surface area contributed by atoms with E-state index in [1.807, 2.05) is 0 Å². The highest BCUT2D eigenvalue weighted by atomic mass is 35.5. The van der Waals surface area contributed by atoms with Crippen molar-refractivity contribution in [3.05, 3.63) is 21.9 Å². The summed E-state index contributed by atoms with van der Waals surface area (Å²) < 4.78 is 0. The fraction of sp³-hybridized carbons (Fsp3) is 0.545. The Balaban J connectivity index is 2.01. The topological polar surface area (TPSA) is 75.1 Å². The zero-order chi connectivity index (χ0) is 13.1. The third-order valence-corrected chi connectivity index (χ3v) is 3.46. The third-order valence-electron chi connectivity index (χ3n) is 3.00. The monoisotopic (exact) mass is 289 g/mol. The smallest absolute Gasteiger partial charge is 0.254 e. The number of aromatic nitrogens is 2. The van der Waals surface area contributed by atoms with Gasteiger partial charge in [0.1, 0.15) is 0 Å². The average Bonchev–Trinajstić information content (AvgIpc) is 2.35. The minimum absolute atomic E-state index is 0.0349. The van der Waals surface area contributed by atoms with E-state index >= 15 is 0 Å². The van der Waals surface area contributed by atoms with Crippen LogP contribution in [0.15, 0.2) is 6.07 Å². The number of hydrogen-bond donors (Lipinski definition) is 2. The number of halogens is 2. The molecule has 98 valence electrons. The Morgan fingerprint density at radius 2 is 1.94 bits per heavy atom. The van der Waals surface area contributed by atoms with E-state index in [9.17, 15) is 9.90 Å².